The van der Waals surface area contributed by atoms with E-state index in [4.69, 9.17) is 0 Å². The highest BCUT2D eigenvalue weighted by atomic mass is 32.1. The number of urea groups is 1. The van der Waals surface area contributed by atoms with E-state index in [1.807, 2.05) is 12.3 Å². The number of hydrogen-bond acceptors (Lipinski definition) is 4. The second kappa shape index (κ2) is 7.40. The summed E-state index contributed by atoms with van der Waals surface area (Å²) >= 11 is 1.51. The minimum absolute atomic E-state index is 0.0316. The fourth-order valence-corrected chi connectivity index (χ4v) is 3.41. The van der Waals surface area contributed by atoms with Gasteiger partial charge in [-0.2, -0.15) is 0 Å². The number of carboxylic acids is 1. The van der Waals surface area contributed by atoms with Gasteiger partial charge in [0.15, 0.2) is 0 Å². The van der Waals surface area contributed by atoms with Crippen molar-refractivity contribution >= 4 is 23.3 Å². The van der Waals surface area contributed by atoms with Gasteiger partial charge in [-0.05, 0) is 25.7 Å². The Morgan fingerprint density at radius 3 is 2.81 bits per heavy atom. The number of carbonyl (C=O) groups excluding carboxylic acids is 1. The molecular formula is C14H21N3O3S. The largest absolute Gasteiger partial charge is 0.481 e. The highest BCUT2D eigenvalue weighted by Gasteiger charge is 2.30. The van der Waals surface area contributed by atoms with Gasteiger partial charge in [0.25, 0.3) is 0 Å². The molecule has 2 rings (SSSR count). The van der Waals surface area contributed by atoms with Gasteiger partial charge in [-0.1, -0.05) is 12.8 Å². The predicted octanol–water partition coefficient (Wildman–Crippen LogP) is 2.14. The Hall–Kier alpha value is -1.63. The predicted molar refractivity (Wildman–Crippen MR) is 80.2 cm³/mol. The maximum Gasteiger partial charge on any atom is 0.315 e. The third-order valence-electron chi connectivity index (χ3n) is 3.82. The van der Waals surface area contributed by atoms with E-state index in [1.54, 1.807) is 0 Å². The number of rotatable bonds is 5. The van der Waals surface area contributed by atoms with Crippen molar-refractivity contribution in [3.8, 4) is 0 Å². The van der Waals surface area contributed by atoms with Crippen LogP contribution in [0.15, 0.2) is 5.38 Å². The molecule has 0 saturated heterocycles. The number of carboxylic acid groups (broad SMARTS) is 1. The van der Waals surface area contributed by atoms with E-state index in [1.165, 1.54) is 11.3 Å². The molecule has 0 aliphatic heterocycles. The maximum atomic E-state index is 11.7. The van der Waals surface area contributed by atoms with Crippen LogP contribution in [0.3, 0.4) is 0 Å². The lowest BCUT2D eigenvalue weighted by atomic mass is 9.79. The molecule has 2 unspecified atom stereocenters. The normalized spacial score (nSPS) is 21.8. The molecule has 6 nitrogen and oxygen atoms in total. The van der Waals surface area contributed by atoms with Crippen molar-refractivity contribution in [3.63, 3.8) is 0 Å². The summed E-state index contributed by atoms with van der Waals surface area (Å²) in [4.78, 5) is 27.2. The third kappa shape index (κ3) is 4.70. The van der Waals surface area contributed by atoms with Gasteiger partial charge in [0.1, 0.15) is 5.01 Å². The first-order valence-corrected chi connectivity index (χ1v) is 8.09. The Labute approximate surface area is 128 Å². The summed E-state index contributed by atoms with van der Waals surface area (Å²) in [6.45, 7) is 2.73. The van der Waals surface area contributed by atoms with Gasteiger partial charge in [-0.3, -0.25) is 4.79 Å². The van der Waals surface area contributed by atoms with Gasteiger partial charge >= 0.3 is 12.0 Å². The van der Waals surface area contributed by atoms with Crippen LogP contribution in [0.5, 0.6) is 0 Å². The molecule has 0 aromatic carbocycles. The standard InChI is InChI=1S/C14H21N3O3S/c1-9-8-21-12(17-9)7-16-14(20)15-6-10-4-2-3-5-11(10)13(18)19/h8,10-11H,2-7H2,1H3,(H,18,19)(H2,15,16,20). The SMILES string of the molecule is Cc1csc(CNC(=O)NCC2CCCCC2C(=O)O)n1. The van der Waals surface area contributed by atoms with Crippen molar-refractivity contribution in [1.29, 1.82) is 0 Å². The second-order valence-corrected chi connectivity index (χ2v) is 6.38. The summed E-state index contributed by atoms with van der Waals surface area (Å²) in [7, 11) is 0. The number of hydrogen-bond donors (Lipinski definition) is 3. The lowest BCUT2D eigenvalue weighted by Crippen LogP contribution is -2.41. The van der Waals surface area contributed by atoms with Crippen LogP contribution in [0, 0.1) is 18.8 Å². The molecule has 1 heterocycles. The molecular weight excluding hydrogens is 290 g/mol. The third-order valence-corrected chi connectivity index (χ3v) is 4.78. The lowest BCUT2D eigenvalue weighted by Gasteiger charge is -2.28. The van der Waals surface area contributed by atoms with E-state index >= 15 is 0 Å². The Morgan fingerprint density at radius 1 is 1.38 bits per heavy atom. The molecule has 1 saturated carbocycles. The first-order chi connectivity index (χ1) is 10.1. The summed E-state index contributed by atoms with van der Waals surface area (Å²) < 4.78 is 0. The van der Waals surface area contributed by atoms with E-state index in [2.05, 4.69) is 15.6 Å². The topological polar surface area (TPSA) is 91.3 Å². The van der Waals surface area contributed by atoms with Crippen LogP contribution in [0.25, 0.3) is 0 Å². The Bertz CT molecular complexity index is 503. The van der Waals surface area contributed by atoms with E-state index in [0.29, 0.717) is 19.5 Å². The van der Waals surface area contributed by atoms with Gasteiger partial charge in [0.05, 0.1) is 12.5 Å². The zero-order valence-electron chi connectivity index (χ0n) is 12.1. The van der Waals surface area contributed by atoms with Crippen molar-refractivity contribution in [2.24, 2.45) is 11.8 Å². The fraction of sp³-hybridized carbons (Fsp3) is 0.643. The number of thiazole rings is 1. The van der Waals surface area contributed by atoms with E-state index in [-0.39, 0.29) is 17.9 Å². The highest BCUT2D eigenvalue weighted by Crippen LogP contribution is 2.29. The molecule has 1 aromatic heterocycles. The molecule has 1 fully saturated rings. The average Bonchev–Trinajstić information content (AvgIpc) is 2.88. The minimum atomic E-state index is -0.750. The van der Waals surface area contributed by atoms with Crippen LogP contribution in [0.1, 0.15) is 36.4 Å². The quantitative estimate of drug-likeness (QED) is 0.777. The molecule has 116 valence electrons. The molecule has 1 aromatic rings. The van der Waals surface area contributed by atoms with E-state index in [0.717, 1.165) is 30.0 Å². The van der Waals surface area contributed by atoms with Gasteiger partial charge in [-0.25, -0.2) is 9.78 Å². The van der Waals surface area contributed by atoms with E-state index < -0.39 is 5.97 Å². The number of carbonyl (C=O) groups is 2. The lowest BCUT2D eigenvalue weighted by molar-refractivity contribution is -0.144. The smallest absolute Gasteiger partial charge is 0.315 e. The monoisotopic (exact) mass is 311 g/mol. The number of amides is 2. The average molecular weight is 311 g/mol. The maximum absolute atomic E-state index is 11.7. The zero-order valence-corrected chi connectivity index (χ0v) is 12.9. The summed E-state index contributed by atoms with van der Waals surface area (Å²) in [6, 6.07) is -0.266. The second-order valence-electron chi connectivity index (χ2n) is 5.44. The van der Waals surface area contributed by atoms with Crippen LogP contribution in [0.2, 0.25) is 0 Å². The van der Waals surface area contributed by atoms with Gasteiger partial charge < -0.3 is 15.7 Å². The number of aliphatic carboxylic acids is 1. The number of aryl methyl sites for hydroxylation is 1. The summed E-state index contributed by atoms with van der Waals surface area (Å²) in [5.74, 6) is -1.05. The molecule has 7 heteroatoms. The highest BCUT2D eigenvalue weighted by molar-refractivity contribution is 7.09. The fourth-order valence-electron chi connectivity index (χ4n) is 2.70. The van der Waals surface area contributed by atoms with Crippen LogP contribution in [-0.4, -0.2) is 28.6 Å². The Balaban J connectivity index is 1.73. The molecule has 1 aliphatic rings. The van der Waals surface area contributed by atoms with Crippen molar-refractivity contribution in [3.05, 3.63) is 16.1 Å². The number of aromatic nitrogens is 1. The van der Waals surface area contributed by atoms with E-state index in [9.17, 15) is 14.7 Å². The first-order valence-electron chi connectivity index (χ1n) is 7.21. The Kier molecular flexibility index (Phi) is 5.55. The van der Waals surface area contributed by atoms with Crippen molar-refractivity contribution < 1.29 is 14.7 Å². The summed E-state index contributed by atoms with van der Waals surface area (Å²) in [6.07, 6.45) is 3.57. The molecule has 1 aliphatic carbocycles. The molecule has 2 amide bonds. The van der Waals surface area contributed by atoms with Crippen LogP contribution in [0.4, 0.5) is 4.79 Å². The van der Waals surface area contributed by atoms with Crippen molar-refractivity contribution in [2.45, 2.75) is 39.2 Å². The van der Waals surface area contributed by atoms with Gasteiger partial charge in [0.2, 0.25) is 0 Å². The molecule has 0 radical (unpaired) electrons. The van der Waals surface area contributed by atoms with Crippen molar-refractivity contribution in [1.82, 2.24) is 15.6 Å². The summed E-state index contributed by atoms with van der Waals surface area (Å²) in [5, 5.41) is 17.5. The molecule has 0 bridgehead atoms. The van der Waals surface area contributed by atoms with Gasteiger partial charge in [0, 0.05) is 17.6 Å². The Morgan fingerprint density at radius 2 is 2.14 bits per heavy atom. The number of nitrogens with one attached hydrogen (secondary N) is 2. The minimum Gasteiger partial charge on any atom is -0.481 e. The number of nitrogens with zero attached hydrogens (tertiary/aromatic N) is 1. The summed E-state index contributed by atoms with van der Waals surface area (Å²) in [5.41, 5.74) is 0.948. The molecule has 2 atom stereocenters. The zero-order chi connectivity index (χ0) is 15.2. The molecule has 0 spiro atoms. The van der Waals surface area contributed by atoms with Gasteiger partial charge in [-0.15, -0.1) is 11.3 Å². The first kappa shape index (κ1) is 15.8. The van der Waals surface area contributed by atoms with Crippen molar-refractivity contribution in [2.75, 3.05) is 6.54 Å². The van der Waals surface area contributed by atoms with Crippen LogP contribution < -0.4 is 10.6 Å². The van der Waals surface area contributed by atoms with Crippen LogP contribution >= 0.6 is 11.3 Å². The molecule has 21 heavy (non-hydrogen) atoms. The molecule has 3 N–H and O–H groups in total. The van der Waals surface area contributed by atoms with Crippen LogP contribution in [-0.2, 0) is 11.3 Å².